The lowest BCUT2D eigenvalue weighted by molar-refractivity contribution is 0.533. The van der Waals surface area contributed by atoms with E-state index in [0.29, 0.717) is 39.8 Å². The van der Waals surface area contributed by atoms with Gasteiger partial charge in [-0.2, -0.15) is 0 Å². The summed E-state index contributed by atoms with van der Waals surface area (Å²) >= 11 is 6.45. The highest BCUT2D eigenvalue weighted by Crippen LogP contribution is 2.35. The molecule has 5 aromatic rings. The Hall–Kier alpha value is -4.17. The van der Waals surface area contributed by atoms with Gasteiger partial charge in [0.2, 0.25) is 5.89 Å². The first-order valence-corrected chi connectivity index (χ1v) is 11.6. The Morgan fingerprint density at radius 2 is 1.91 bits per heavy atom. The van der Waals surface area contributed by atoms with Gasteiger partial charge in [0.1, 0.15) is 11.4 Å². The number of anilines is 2. The number of hydrogen-bond donors (Lipinski definition) is 2. The first-order valence-electron chi connectivity index (χ1n) is 11.2. The maximum absolute atomic E-state index is 13.8. The second-order valence-corrected chi connectivity index (χ2v) is 8.51. The van der Waals surface area contributed by atoms with E-state index in [1.807, 2.05) is 55.5 Å². The molecule has 0 unspecified atom stereocenters. The van der Waals surface area contributed by atoms with Crippen molar-refractivity contribution in [2.24, 2.45) is 0 Å². The normalized spacial score (nSPS) is 12.1. The second kappa shape index (κ2) is 9.23. The number of hydrogen-bond acceptors (Lipinski definition) is 7. The van der Waals surface area contributed by atoms with Crippen LogP contribution in [0.1, 0.15) is 31.0 Å². The van der Waals surface area contributed by atoms with Crippen molar-refractivity contribution in [3.63, 3.8) is 0 Å². The van der Waals surface area contributed by atoms with Crippen molar-refractivity contribution in [1.82, 2.24) is 19.7 Å². The fourth-order valence-electron chi connectivity index (χ4n) is 4.20. The van der Waals surface area contributed by atoms with Gasteiger partial charge in [0.25, 0.3) is 11.4 Å². The summed E-state index contributed by atoms with van der Waals surface area (Å²) in [4.78, 5) is 18.3. The number of nitrogens with one attached hydrogen (secondary N) is 1. The lowest BCUT2D eigenvalue weighted by Gasteiger charge is -2.24. The van der Waals surface area contributed by atoms with Gasteiger partial charge in [-0.25, -0.2) is 4.98 Å². The highest BCUT2D eigenvalue weighted by Gasteiger charge is 2.23. The fraction of sp³-hybridized carbons (Fsp3) is 0.154. The third kappa shape index (κ3) is 4.13. The zero-order chi connectivity index (χ0) is 24.5. The van der Waals surface area contributed by atoms with Crippen LogP contribution in [0.2, 0.25) is 5.02 Å². The van der Waals surface area contributed by atoms with Gasteiger partial charge >= 0.3 is 0 Å². The SMILES string of the molecule is CC[C@H](Nc1nccc(N)c1-c1nnc(C)o1)c1cc2cccc(Cl)c2c(=O)n1-c1ccccc1. The van der Waals surface area contributed by atoms with Gasteiger partial charge < -0.3 is 15.5 Å². The molecular weight excluding hydrogens is 464 g/mol. The van der Waals surface area contributed by atoms with Crippen LogP contribution in [0, 0.1) is 6.92 Å². The van der Waals surface area contributed by atoms with Gasteiger partial charge in [0, 0.05) is 30.2 Å². The molecule has 0 aliphatic rings. The topological polar surface area (TPSA) is 112 Å². The minimum atomic E-state index is -0.302. The van der Waals surface area contributed by atoms with Crippen LogP contribution in [0.15, 0.2) is 76.1 Å². The standard InChI is InChI=1S/C26H23ClN6O2/c1-3-20(30-24-23(19(28)12-13-29-24)25-32-31-15(2)35-25)21-14-16-8-7-11-18(27)22(16)26(34)33(21)17-9-5-4-6-10-17/h4-14,20H,3H2,1-2H3,(H3,28,29,30)/t20-/m0/s1. The minimum absolute atomic E-state index is 0.192. The van der Waals surface area contributed by atoms with Crippen LogP contribution in [-0.2, 0) is 0 Å². The Kier molecular flexibility index (Phi) is 5.96. The fourth-order valence-corrected chi connectivity index (χ4v) is 4.46. The molecule has 3 N–H and O–H groups in total. The van der Waals surface area contributed by atoms with Gasteiger partial charge in [0.15, 0.2) is 0 Å². The maximum Gasteiger partial charge on any atom is 0.264 e. The lowest BCUT2D eigenvalue weighted by atomic mass is 10.0. The molecule has 3 heterocycles. The van der Waals surface area contributed by atoms with E-state index in [9.17, 15) is 4.79 Å². The molecule has 0 spiro atoms. The maximum atomic E-state index is 13.8. The number of nitrogens with two attached hydrogens (primary N) is 1. The van der Waals surface area contributed by atoms with E-state index >= 15 is 0 Å². The zero-order valence-electron chi connectivity index (χ0n) is 19.2. The van der Waals surface area contributed by atoms with Crippen molar-refractivity contribution in [3.8, 4) is 17.1 Å². The molecule has 0 saturated heterocycles. The van der Waals surface area contributed by atoms with Crippen LogP contribution in [0.3, 0.4) is 0 Å². The summed E-state index contributed by atoms with van der Waals surface area (Å²) in [7, 11) is 0. The average Bonchev–Trinajstić information content (AvgIpc) is 3.28. The Labute approximate surface area is 206 Å². The van der Waals surface area contributed by atoms with E-state index < -0.39 is 0 Å². The van der Waals surface area contributed by atoms with E-state index in [2.05, 4.69) is 20.5 Å². The van der Waals surface area contributed by atoms with Gasteiger partial charge in [-0.05, 0) is 42.1 Å². The van der Waals surface area contributed by atoms with Gasteiger partial charge in [-0.1, -0.05) is 48.9 Å². The smallest absolute Gasteiger partial charge is 0.264 e. The third-order valence-electron chi connectivity index (χ3n) is 5.84. The molecule has 0 aliphatic carbocycles. The molecule has 8 nitrogen and oxygen atoms in total. The summed E-state index contributed by atoms with van der Waals surface area (Å²) in [5, 5.41) is 13.2. The van der Waals surface area contributed by atoms with Gasteiger partial charge in [-0.3, -0.25) is 9.36 Å². The number of para-hydroxylation sites is 1. The summed E-state index contributed by atoms with van der Waals surface area (Å²) in [5.41, 5.74) is 8.55. The molecule has 2 aromatic carbocycles. The molecule has 0 fully saturated rings. The van der Waals surface area contributed by atoms with Crippen molar-refractivity contribution in [3.05, 3.63) is 93.8 Å². The van der Waals surface area contributed by atoms with Crippen molar-refractivity contribution >= 4 is 33.9 Å². The Morgan fingerprint density at radius 1 is 1.11 bits per heavy atom. The summed E-state index contributed by atoms with van der Waals surface area (Å²) in [6.45, 7) is 3.74. The summed E-state index contributed by atoms with van der Waals surface area (Å²) in [5.74, 6) is 1.18. The number of pyridine rings is 2. The number of benzene rings is 2. The molecular formula is C26H23ClN6O2. The third-order valence-corrected chi connectivity index (χ3v) is 6.15. The van der Waals surface area contributed by atoms with Crippen molar-refractivity contribution in [2.75, 3.05) is 11.1 Å². The van der Waals surface area contributed by atoms with E-state index in [0.717, 1.165) is 16.8 Å². The Bertz CT molecular complexity index is 1580. The molecule has 5 rings (SSSR count). The number of nitrogens with zero attached hydrogens (tertiary/aromatic N) is 4. The van der Waals surface area contributed by atoms with Crippen molar-refractivity contribution in [2.45, 2.75) is 26.3 Å². The molecule has 0 aliphatic heterocycles. The average molecular weight is 487 g/mol. The van der Waals surface area contributed by atoms with Crippen molar-refractivity contribution < 1.29 is 4.42 Å². The Morgan fingerprint density at radius 3 is 2.63 bits per heavy atom. The van der Waals surface area contributed by atoms with Gasteiger partial charge in [-0.15, -0.1) is 10.2 Å². The predicted molar refractivity (Wildman–Crippen MR) is 138 cm³/mol. The number of fused-ring (bicyclic) bond motifs is 1. The Balaban J connectivity index is 1.71. The predicted octanol–water partition coefficient (Wildman–Crippen LogP) is 5.54. The van der Waals surface area contributed by atoms with Crippen LogP contribution < -0.4 is 16.6 Å². The molecule has 1 atom stereocenters. The molecule has 0 saturated carbocycles. The van der Waals surface area contributed by atoms with Crippen LogP contribution >= 0.6 is 11.6 Å². The van der Waals surface area contributed by atoms with Crippen LogP contribution in [-0.4, -0.2) is 19.7 Å². The summed E-state index contributed by atoms with van der Waals surface area (Å²) < 4.78 is 7.34. The highest BCUT2D eigenvalue weighted by atomic mass is 35.5. The molecule has 0 bridgehead atoms. The van der Waals surface area contributed by atoms with Gasteiger partial charge in [0.05, 0.1) is 16.5 Å². The van der Waals surface area contributed by atoms with Crippen LogP contribution in [0.4, 0.5) is 11.5 Å². The van der Waals surface area contributed by atoms with E-state index in [1.165, 1.54) is 0 Å². The first-order chi connectivity index (χ1) is 17.0. The first kappa shape index (κ1) is 22.6. The lowest BCUT2D eigenvalue weighted by Crippen LogP contribution is -2.26. The molecule has 3 aromatic heterocycles. The molecule has 176 valence electrons. The van der Waals surface area contributed by atoms with Crippen LogP contribution in [0.25, 0.3) is 27.9 Å². The molecule has 0 radical (unpaired) electrons. The second-order valence-electron chi connectivity index (χ2n) is 8.10. The number of aryl methyl sites for hydroxylation is 1. The summed E-state index contributed by atoms with van der Waals surface area (Å²) in [6, 6.07) is 18.3. The number of halogens is 1. The molecule has 0 amide bonds. The largest absolute Gasteiger partial charge is 0.421 e. The highest BCUT2D eigenvalue weighted by molar-refractivity contribution is 6.35. The van der Waals surface area contributed by atoms with E-state index in [1.54, 1.807) is 29.8 Å². The number of rotatable bonds is 6. The minimum Gasteiger partial charge on any atom is -0.421 e. The molecule has 9 heteroatoms. The van der Waals surface area contributed by atoms with Crippen molar-refractivity contribution in [1.29, 1.82) is 0 Å². The number of aromatic nitrogens is 4. The van der Waals surface area contributed by atoms with Crippen LogP contribution in [0.5, 0.6) is 0 Å². The quantitative estimate of drug-likeness (QED) is 0.324. The number of nitrogen functional groups attached to an aromatic ring is 1. The zero-order valence-corrected chi connectivity index (χ0v) is 20.0. The molecule has 35 heavy (non-hydrogen) atoms. The summed E-state index contributed by atoms with van der Waals surface area (Å²) in [6.07, 6.45) is 2.26. The van der Waals surface area contributed by atoms with E-state index in [-0.39, 0.29) is 17.5 Å². The monoisotopic (exact) mass is 486 g/mol. The van der Waals surface area contributed by atoms with E-state index in [4.69, 9.17) is 21.8 Å².